The monoisotopic (exact) mass is 304 g/mol. The quantitative estimate of drug-likeness (QED) is 0.758. The molecule has 114 valence electrons. The second-order valence-electron chi connectivity index (χ2n) is 4.40. The van der Waals surface area contributed by atoms with Gasteiger partial charge in [-0.1, -0.05) is 0 Å². The maximum atomic E-state index is 13.5. The lowest BCUT2D eigenvalue weighted by Gasteiger charge is -2.13. The first-order chi connectivity index (χ1) is 9.40. The maximum absolute atomic E-state index is 13.5. The minimum absolute atomic E-state index is 0.0489. The highest BCUT2D eigenvalue weighted by Gasteiger charge is 2.17. The van der Waals surface area contributed by atoms with Gasteiger partial charge in [0.05, 0.1) is 11.0 Å². The average Bonchev–Trinajstić information content (AvgIpc) is 2.39. The van der Waals surface area contributed by atoms with E-state index in [1.54, 1.807) is 14.0 Å². The van der Waals surface area contributed by atoms with Crippen molar-refractivity contribution in [2.45, 2.75) is 31.4 Å². The van der Waals surface area contributed by atoms with Gasteiger partial charge in [0.1, 0.15) is 5.82 Å². The molecule has 0 fully saturated rings. The second kappa shape index (κ2) is 7.68. The summed E-state index contributed by atoms with van der Waals surface area (Å²) in [6.07, 6.45) is -0.216. The Morgan fingerprint density at radius 2 is 2.10 bits per heavy atom. The molecule has 0 aliphatic heterocycles. The zero-order valence-corrected chi connectivity index (χ0v) is 12.8. The molecule has 0 heterocycles. The highest BCUT2D eigenvalue weighted by atomic mass is 32.2. The van der Waals surface area contributed by atoms with E-state index in [-0.39, 0.29) is 24.1 Å². The number of halogens is 1. The Hall–Kier alpha value is -1.02. The van der Waals surface area contributed by atoms with E-state index in [0.29, 0.717) is 12.2 Å². The van der Waals surface area contributed by atoms with Crippen LogP contribution in [0.5, 0.6) is 0 Å². The first-order valence-corrected chi connectivity index (χ1v) is 7.93. The number of nitrogens with one attached hydrogen (secondary N) is 2. The van der Waals surface area contributed by atoms with Gasteiger partial charge in [-0.3, -0.25) is 0 Å². The van der Waals surface area contributed by atoms with Crippen molar-refractivity contribution in [3.8, 4) is 0 Å². The summed E-state index contributed by atoms with van der Waals surface area (Å²) < 4.78 is 45.4. The molecule has 0 bridgehead atoms. The molecule has 1 rings (SSSR count). The summed E-state index contributed by atoms with van der Waals surface area (Å²) >= 11 is 0. The lowest BCUT2D eigenvalue weighted by molar-refractivity contribution is 0.0799. The van der Waals surface area contributed by atoms with E-state index in [1.807, 2.05) is 6.92 Å². The average molecular weight is 304 g/mol. The Morgan fingerprint density at radius 3 is 2.70 bits per heavy atom. The van der Waals surface area contributed by atoms with E-state index in [0.717, 1.165) is 6.07 Å². The molecule has 1 atom stereocenters. The first-order valence-electron chi connectivity index (χ1n) is 6.45. The minimum atomic E-state index is -3.66. The Kier molecular flexibility index (Phi) is 6.54. The molecule has 5 nitrogen and oxygen atoms in total. The van der Waals surface area contributed by atoms with Crippen LogP contribution in [-0.4, -0.2) is 34.7 Å². The van der Waals surface area contributed by atoms with Gasteiger partial charge in [-0.15, -0.1) is 0 Å². The van der Waals surface area contributed by atoms with Crippen molar-refractivity contribution in [3.63, 3.8) is 0 Å². The van der Waals surface area contributed by atoms with E-state index < -0.39 is 15.8 Å². The largest absolute Gasteiger partial charge is 0.377 e. The van der Waals surface area contributed by atoms with Crippen LogP contribution in [0.15, 0.2) is 23.1 Å². The molecule has 0 amide bonds. The Bertz CT molecular complexity index is 534. The fraction of sp³-hybridized carbons (Fsp3) is 0.538. The molecule has 0 spiro atoms. The molecular formula is C13H21FN2O3S. The normalized spacial score (nSPS) is 13.4. The fourth-order valence-corrected chi connectivity index (χ4v) is 2.86. The molecule has 1 aromatic rings. The first kappa shape index (κ1) is 17.0. The number of sulfonamides is 1. The van der Waals surface area contributed by atoms with Crippen LogP contribution >= 0.6 is 0 Å². The third kappa shape index (κ3) is 4.82. The van der Waals surface area contributed by atoms with Crippen LogP contribution in [0.2, 0.25) is 0 Å². The smallest absolute Gasteiger partial charge is 0.240 e. The van der Waals surface area contributed by atoms with Gasteiger partial charge < -0.3 is 10.1 Å². The van der Waals surface area contributed by atoms with Crippen LogP contribution < -0.4 is 10.0 Å². The van der Waals surface area contributed by atoms with Crippen LogP contribution in [0.3, 0.4) is 0 Å². The summed E-state index contributed by atoms with van der Waals surface area (Å²) in [7, 11) is -1.99. The van der Waals surface area contributed by atoms with Gasteiger partial charge in [-0.2, -0.15) is 0 Å². The predicted molar refractivity (Wildman–Crippen MR) is 75.4 cm³/mol. The molecule has 20 heavy (non-hydrogen) atoms. The van der Waals surface area contributed by atoms with Crippen molar-refractivity contribution in [1.29, 1.82) is 0 Å². The van der Waals surface area contributed by atoms with Crippen LogP contribution in [0.4, 0.5) is 4.39 Å². The number of benzene rings is 1. The highest BCUT2D eigenvalue weighted by molar-refractivity contribution is 7.89. The third-order valence-electron chi connectivity index (χ3n) is 2.71. The minimum Gasteiger partial charge on any atom is -0.377 e. The zero-order valence-electron chi connectivity index (χ0n) is 11.9. The molecular weight excluding hydrogens is 283 g/mol. The van der Waals surface area contributed by atoms with Gasteiger partial charge in [0.2, 0.25) is 10.0 Å². The lowest BCUT2D eigenvalue weighted by atomic mass is 10.2. The molecule has 0 aliphatic rings. The third-order valence-corrected chi connectivity index (χ3v) is 4.13. The van der Waals surface area contributed by atoms with E-state index in [1.165, 1.54) is 12.1 Å². The fourth-order valence-electron chi connectivity index (χ4n) is 1.70. The molecule has 0 saturated carbocycles. The number of ether oxygens (including phenoxy) is 1. The Labute approximate surface area is 119 Å². The molecule has 2 N–H and O–H groups in total. The van der Waals surface area contributed by atoms with E-state index in [9.17, 15) is 12.8 Å². The van der Waals surface area contributed by atoms with Crippen LogP contribution in [0, 0.1) is 5.82 Å². The van der Waals surface area contributed by atoms with Crippen molar-refractivity contribution in [2.24, 2.45) is 0 Å². The summed E-state index contributed by atoms with van der Waals surface area (Å²) in [4.78, 5) is 0.0489. The summed E-state index contributed by atoms with van der Waals surface area (Å²) in [5, 5.41) is 2.80. The Morgan fingerprint density at radius 1 is 1.40 bits per heavy atom. The van der Waals surface area contributed by atoms with E-state index >= 15 is 0 Å². The molecule has 0 radical (unpaired) electrons. The van der Waals surface area contributed by atoms with E-state index in [2.05, 4.69) is 10.0 Å². The predicted octanol–water partition coefficient (Wildman–Crippen LogP) is 1.25. The molecule has 7 heteroatoms. The van der Waals surface area contributed by atoms with Crippen molar-refractivity contribution in [1.82, 2.24) is 10.0 Å². The van der Waals surface area contributed by atoms with Crippen LogP contribution in [0.25, 0.3) is 0 Å². The van der Waals surface area contributed by atoms with Gasteiger partial charge in [0.15, 0.2) is 0 Å². The second-order valence-corrected chi connectivity index (χ2v) is 6.17. The molecule has 0 aliphatic carbocycles. The van der Waals surface area contributed by atoms with Crippen molar-refractivity contribution in [3.05, 3.63) is 29.6 Å². The SMILES string of the molecule is CCOC(C)CNS(=O)(=O)c1ccc(F)c(CNC)c1. The summed E-state index contributed by atoms with van der Waals surface area (Å²) in [5.74, 6) is -0.430. The summed E-state index contributed by atoms with van der Waals surface area (Å²) in [6, 6.07) is 3.74. The van der Waals surface area contributed by atoms with Crippen molar-refractivity contribution >= 4 is 10.0 Å². The van der Waals surface area contributed by atoms with Gasteiger partial charge in [-0.05, 0) is 39.1 Å². The number of hydrogen-bond donors (Lipinski definition) is 2. The summed E-state index contributed by atoms with van der Waals surface area (Å²) in [6.45, 7) is 4.59. The standard InChI is InChI=1S/C13H21FN2O3S/c1-4-19-10(2)8-16-20(17,18)12-5-6-13(14)11(7-12)9-15-3/h5-7,10,15-16H,4,8-9H2,1-3H3. The lowest BCUT2D eigenvalue weighted by Crippen LogP contribution is -2.32. The molecule has 0 aromatic heterocycles. The van der Waals surface area contributed by atoms with Gasteiger partial charge in [0, 0.05) is 25.3 Å². The van der Waals surface area contributed by atoms with Gasteiger partial charge in [-0.25, -0.2) is 17.5 Å². The van der Waals surface area contributed by atoms with Gasteiger partial charge >= 0.3 is 0 Å². The zero-order chi connectivity index (χ0) is 15.2. The summed E-state index contributed by atoms with van der Waals surface area (Å²) in [5.41, 5.74) is 0.313. The number of hydrogen-bond acceptors (Lipinski definition) is 4. The van der Waals surface area contributed by atoms with Crippen molar-refractivity contribution in [2.75, 3.05) is 20.2 Å². The Balaban J connectivity index is 2.84. The maximum Gasteiger partial charge on any atom is 0.240 e. The number of rotatable bonds is 8. The van der Waals surface area contributed by atoms with Crippen molar-refractivity contribution < 1.29 is 17.5 Å². The highest BCUT2D eigenvalue weighted by Crippen LogP contribution is 2.15. The van der Waals surface area contributed by atoms with Gasteiger partial charge in [0.25, 0.3) is 0 Å². The topological polar surface area (TPSA) is 67.4 Å². The molecule has 1 unspecified atom stereocenters. The molecule has 0 saturated heterocycles. The van der Waals surface area contributed by atoms with E-state index in [4.69, 9.17) is 4.74 Å². The van der Waals surface area contributed by atoms with Crippen LogP contribution in [-0.2, 0) is 21.3 Å². The molecule has 1 aromatic carbocycles. The van der Waals surface area contributed by atoms with Crippen LogP contribution in [0.1, 0.15) is 19.4 Å².